The minimum absolute atomic E-state index is 0.562. The first-order valence-corrected chi connectivity index (χ1v) is 6.38. The number of hydrogen-bond acceptors (Lipinski definition) is 5. The molecule has 1 aromatic rings. The summed E-state index contributed by atoms with van der Waals surface area (Å²) in [6.45, 7) is 1.76. The van der Waals surface area contributed by atoms with Crippen LogP contribution in [0.4, 0.5) is 18.2 Å². The third-order valence-electron chi connectivity index (χ3n) is 2.62. The first kappa shape index (κ1) is 14.6. The molecular formula is C12H11F3N2O2S. The summed E-state index contributed by atoms with van der Waals surface area (Å²) in [7, 11) is 3.66. The molecule has 0 aromatic carbocycles. The van der Waals surface area contributed by atoms with Gasteiger partial charge in [-0.1, -0.05) is 5.16 Å². The number of hydrogen-bond donors (Lipinski definition) is 0. The number of aryl methyl sites for hydroxylation is 1. The van der Waals surface area contributed by atoms with E-state index in [-0.39, 0.29) is 0 Å². The Hall–Kier alpha value is -1.83. The maximum Gasteiger partial charge on any atom is 0.437 e. The molecule has 2 heterocycles. The van der Waals surface area contributed by atoms with Gasteiger partial charge in [0.15, 0.2) is 5.71 Å². The Kier molecular flexibility index (Phi) is 3.59. The highest BCUT2D eigenvalue weighted by molar-refractivity contribution is 7.17. The molecule has 0 unspecified atom stereocenters. The second kappa shape index (κ2) is 4.93. The van der Waals surface area contributed by atoms with Gasteiger partial charge >= 0.3 is 12.1 Å². The zero-order chi connectivity index (χ0) is 15.1. The topological polar surface area (TPSA) is 41.9 Å². The summed E-state index contributed by atoms with van der Waals surface area (Å²) in [4.78, 5) is 17.9. The van der Waals surface area contributed by atoms with Crippen LogP contribution < -0.4 is 4.90 Å². The van der Waals surface area contributed by atoms with Crippen molar-refractivity contribution in [1.82, 2.24) is 0 Å². The van der Waals surface area contributed by atoms with E-state index in [1.165, 1.54) is 17.4 Å². The largest absolute Gasteiger partial charge is 0.437 e. The van der Waals surface area contributed by atoms with Gasteiger partial charge in [0.1, 0.15) is 0 Å². The smallest absolute Gasteiger partial charge is 0.370 e. The molecule has 8 heteroatoms. The van der Waals surface area contributed by atoms with E-state index in [2.05, 4.69) is 9.99 Å². The SMILES string of the molecule is Cc1cc(N(C)C)sc1C=C1C(=O)ON=C1C(F)(F)F. The van der Waals surface area contributed by atoms with Gasteiger partial charge in [-0.05, 0) is 24.6 Å². The molecule has 4 nitrogen and oxygen atoms in total. The summed E-state index contributed by atoms with van der Waals surface area (Å²) in [5, 5.41) is 3.69. The number of halogens is 3. The van der Waals surface area contributed by atoms with E-state index in [0.717, 1.165) is 10.6 Å². The summed E-state index contributed by atoms with van der Waals surface area (Å²) in [5.74, 6) is -1.09. The molecule has 0 amide bonds. The van der Waals surface area contributed by atoms with Crippen molar-refractivity contribution in [3.05, 3.63) is 22.1 Å². The monoisotopic (exact) mass is 304 g/mol. The van der Waals surface area contributed by atoms with E-state index in [4.69, 9.17) is 0 Å². The minimum atomic E-state index is -4.71. The summed E-state index contributed by atoms with van der Waals surface area (Å²) in [6, 6.07) is 1.84. The Labute approximate surface area is 117 Å². The molecule has 0 fully saturated rings. The summed E-state index contributed by atoms with van der Waals surface area (Å²) >= 11 is 1.29. The maximum atomic E-state index is 12.7. The van der Waals surface area contributed by atoms with Crippen LogP contribution in [-0.4, -0.2) is 32.0 Å². The van der Waals surface area contributed by atoms with E-state index in [0.29, 0.717) is 4.88 Å². The highest BCUT2D eigenvalue weighted by Gasteiger charge is 2.45. The molecule has 2 rings (SSSR count). The molecule has 1 aromatic heterocycles. The average Bonchev–Trinajstić information content (AvgIpc) is 2.84. The molecule has 0 spiro atoms. The molecule has 0 atom stereocenters. The van der Waals surface area contributed by atoms with Crippen LogP contribution >= 0.6 is 11.3 Å². The Bertz CT molecular complexity index is 615. The van der Waals surface area contributed by atoms with Gasteiger partial charge in [0, 0.05) is 19.0 Å². The van der Waals surface area contributed by atoms with E-state index in [9.17, 15) is 18.0 Å². The van der Waals surface area contributed by atoms with Crippen LogP contribution in [0, 0.1) is 6.92 Å². The second-order valence-corrected chi connectivity index (χ2v) is 5.46. The first-order valence-electron chi connectivity index (χ1n) is 5.56. The number of oxime groups is 1. The molecule has 1 aliphatic rings. The van der Waals surface area contributed by atoms with Gasteiger partial charge in [-0.15, -0.1) is 11.3 Å². The first-order chi connectivity index (χ1) is 9.20. The van der Waals surface area contributed by atoms with Crippen LogP contribution in [0.25, 0.3) is 6.08 Å². The quantitative estimate of drug-likeness (QED) is 0.623. The Balaban J connectivity index is 2.44. The fraction of sp³-hybridized carbons (Fsp3) is 0.333. The van der Waals surface area contributed by atoms with Crippen molar-refractivity contribution in [1.29, 1.82) is 0 Å². The third kappa shape index (κ3) is 2.69. The van der Waals surface area contributed by atoms with E-state index in [1.54, 1.807) is 6.92 Å². The summed E-state index contributed by atoms with van der Waals surface area (Å²) in [5.41, 5.74) is -1.07. The fourth-order valence-corrected chi connectivity index (χ4v) is 2.63. The fourth-order valence-electron chi connectivity index (χ4n) is 1.59. The molecule has 108 valence electrons. The molecule has 0 aliphatic carbocycles. The molecule has 0 saturated carbocycles. The number of carbonyl (C=O) groups excluding carboxylic acids is 1. The zero-order valence-corrected chi connectivity index (χ0v) is 11.7. The molecule has 0 saturated heterocycles. The van der Waals surface area contributed by atoms with Crippen molar-refractivity contribution in [3.8, 4) is 0 Å². The van der Waals surface area contributed by atoms with Crippen LogP contribution in [0.15, 0.2) is 16.8 Å². The Morgan fingerprint density at radius 3 is 2.55 bits per heavy atom. The van der Waals surface area contributed by atoms with E-state index in [1.807, 2.05) is 25.1 Å². The van der Waals surface area contributed by atoms with E-state index >= 15 is 0 Å². The van der Waals surface area contributed by atoms with Gasteiger partial charge in [-0.3, -0.25) is 0 Å². The molecule has 0 bridgehead atoms. The van der Waals surface area contributed by atoms with Crippen molar-refractivity contribution in [2.24, 2.45) is 5.16 Å². The molecule has 0 radical (unpaired) electrons. The van der Waals surface area contributed by atoms with Crippen molar-refractivity contribution in [2.75, 3.05) is 19.0 Å². The van der Waals surface area contributed by atoms with Crippen LogP contribution in [-0.2, 0) is 9.63 Å². The lowest BCUT2D eigenvalue weighted by Gasteiger charge is -2.07. The van der Waals surface area contributed by atoms with Gasteiger partial charge in [-0.25, -0.2) is 4.79 Å². The zero-order valence-electron chi connectivity index (χ0n) is 10.9. The summed E-state index contributed by atoms with van der Waals surface area (Å²) in [6.07, 6.45) is -3.54. The Morgan fingerprint density at radius 1 is 1.40 bits per heavy atom. The number of anilines is 1. The highest BCUT2D eigenvalue weighted by atomic mass is 32.1. The lowest BCUT2D eigenvalue weighted by molar-refractivity contribution is -0.136. The van der Waals surface area contributed by atoms with Crippen LogP contribution in [0.2, 0.25) is 0 Å². The normalized spacial score (nSPS) is 17.4. The maximum absolute atomic E-state index is 12.7. The predicted octanol–water partition coefficient (Wildman–Crippen LogP) is 2.98. The van der Waals surface area contributed by atoms with Crippen molar-refractivity contribution < 1.29 is 22.8 Å². The second-order valence-electron chi connectivity index (χ2n) is 4.40. The summed E-state index contributed by atoms with van der Waals surface area (Å²) < 4.78 is 38.1. The molecular weight excluding hydrogens is 293 g/mol. The third-order valence-corrected chi connectivity index (χ3v) is 3.97. The minimum Gasteiger partial charge on any atom is -0.370 e. The number of thiophene rings is 1. The molecule has 1 aliphatic heterocycles. The standard InChI is InChI=1S/C12H11F3N2O2S/c1-6-4-9(17(2)3)20-8(6)5-7-10(12(13,14)15)16-19-11(7)18/h4-5H,1-3H3. The lowest BCUT2D eigenvalue weighted by Crippen LogP contribution is -2.24. The van der Waals surface area contributed by atoms with E-state index < -0.39 is 23.4 Å². The number of nitrogens with zero attached hydrogens (tertiary/aromatic N) is 2. The average molecular weight is 304 g/mol. The molecule has 0 N–H and O–H groups in total. The van der Waals surface area contributed by atoms with Crippen molar-refractivity contribution in [2.45, 2.75) is 13.1 Å². The van der Waals surface area contributed by atoms with Gasteiger partial charge in [0.25, 0.3) is 0 Å². The van der Waals surface area contributed by atoms with Crippen LogP contribution in [0.5, 0.6) is 0 Å². The van der Waals surface area contributed by atoms with Crippen LogP contribution in [0.3, 0.4) is 0 Å². The number of rotatable bonds is 2. The van der Waals surface area contributed by atoms with Crippen molar-refractivity contribution >= 4 is 34.1 Å². The number of alkyl halides is 3. The Morgan fingerprint density at radius 2 is 2.05 bits per heavy atom. The van der Waals surface area contributed by atoms with Gasteiger partial charge < -0.3 is 9.74 Å². The predicted molar refractivity (Wildman–Crippen MR) is 70.9 cm³/mol. The number of carbonyl (C=O) groups is 1. The van der Waals surface area contributed by atoms with Crippen molar-refractivity contribution in [3.63, 3.8) is 0 Å². The van der Waals surface area contributed by atoms with Crippen LogP contribution in [0.1, 0.15) is 10.4 Å². The van der Waals surface area contributed by atoms with Gasteiger partial charge in [0.05, 0.1) is 10.6 Å². The van der Waals surface area contributed by atoms with Gasteiger partial charge in [0.2, 0.25) is 0 Å². The highest BCUT2D eigenvalue weighted by Crippen LogP contribution is 2.33. The lowest BCUT2D eigenvalue weighted by atomic mass is 10.1. The molecule has 20 heavy (non-hydrogen) atoms. The van der Waals surface area contributed by atoms with Gasteiger partial charge in [-0.2, -0.15) is 13.2 Å².